The lowest BCUT2D eigenvalue weighted by atomic mass is 10.1. The number of nitrogens with zero attached hydrogens (tertiary/aromatic N) is 3. The van der Waals surface area contributed by atoms with Crippen molar-refractivity contribution in [1.82, 2.24) is 14.6 Å². The largest absolute Gasteiger partial charge is 0.487 e. The predicted molar refractivity (Wildman–Crippen MR) is 86.8 cm³/mol. The van der Waals surface area contributed by atoms with Gasteiger partial charge in [-0.2, -0.15) is 9.61 Å². The molecule has 0 saturated carbocycles. The van der Waals surface area contributed by atoms with Gasteiger partial charge in [0.25, 0.3) is 5.56 Å². The second kappa shape index (κ2) is 5.88. The van der Waals surface area contributed by atoms with E-state index >= 15 is 0 Å². The van der Waals surface area contributed by atoms with Gasteiger partial charge in [0.05, 0.1) is 5.69 Å². The highest BCUT2D eigenvalue weighted by Crippen LogP contribution is 2.18. The van der Waals surface area contributed by atoms with Gasteiger partial charge in [-0.3, -0.25) is 4.79 Å². The van der Waals surface area contributed by atoms with Crippen LogP contribution in [0.1, 0.15) is 28.8 Å². The number of fused-ring (bicyclic) bond motifs is 1. The first kappa shape index (κ1) is 14.7. The number of aryl methyl sites for hydroxylation is 3. The Morgan fingerprint density at radius 2 is 1.91 bits per heavy atom. The van der Waals surface area contributed by atoms with Gasteiger partial charge in [0.1, 0.15) is 17.4 Å². The highest BCUT2D eigenvalue weighted by Gasteiger charge is 2.08. The first-order chi connectivity index (χ1) is 10.5. The summed E-state index contributed by atoms with van der Waals surface area (Å²) in [4.78, 5) is 17.1. The molecule has 0 saturated heterocycles. The summed E-state index contributed by atoms with van der Waals surface area (Å²) in [5.74, 6) is 0.790. The zero-order valence-corrected chi connectivity index (χ0v) is 13.6. The van der Waals surface area contributed by atoms with Gasteiger partial charge < -0.3 is 4.74 Å². The van der Waals surface area contributed by atoms with E-state index < -0.39 is 0 Å². The van der Waals surface area contributed by atoms with Crippen LogP contribution in [0, 0.1) is 13.8 Å². The molecule has 0 bridgehead atoms. The van der Waals surface area contributed by atoms with Crippen molar-refractivity contribution in [1.29, 1.82) is 0 Å². The fraction of sp³-hybridized carbons (Fsp3) is 0.312. The molecule has 22 heavy (non-hydrogen) atoms. The molecule has 0 aliphatic carbocycles. The Hall–Kier alpha value is -2.21. The monoisotopic (exact) mass is 315 g/mol. The van der Waals surface area contributed by atoms with Gasteiger partial charge in [-0.25, -0.2) is 4.98 Å². The Morgan fingerprint density at radius 1 is 1.18 bits per heavy atom. The molecule has 0 aliphatic heterocycles. The average molecular weight is 315 g/mol. The van der Waals surface area contributed by atoms with E-state index in [0.717, 1.165) is 28.3 Å². The van der Waals surface area contributed by atoms with Crippen molar-refractivity contribution in [2.45, 2.75) is 33.8 Å². The normalized spacial score (nSPS) is 11.0. The molecule has 0 spiro atoms. The summed E-state index contributed by atoms with van der Waals surface area (Å²) in [7, 11) is 0. The number of benzene rings is 1. The molecule has 114 valence electrons. The van der Waals surface area contributed by atoms with Crippen LogP contribution in [0.25, 0.3) is 4.96 Å². The molecule has 6 heteroatoms. The zero-order chi connectivity index (χ0) is 15.7. The van der Waals surface area contributed by atoms with Crippen LogP contribution in [-0.2, 0) is 13.0 Å². The standard InChI is InChI=1S/C16H17N3O2S/c1-4-14-18-19-15(20)8-12(17-16(19)22-14)9-21-13-6-10(2)5-11(3)7-13/h5-8H,4,9H2,1-3H3. The van der Waals surface area contributed by atoms with E-state index in [2.05, 4.69) is 16.1 Å². The van der Waals surface area contributed by atoms with Crippen LogP contribution < -0.4 is 10.3 Å². The van der Waals surface area contributed by atoms with Crippen molar-refractivity contribution >= 4 is 16.3 Å². The second-order valence-corrected chi connectivity index (χ2v) is 6.28. The third-order valence-corrected chi connectivity index (χ3v) is 4.28. The molecule has 3 aromatic rings. The summed E-state index contributed by atoms with van der Waals surface area (Å²) in [5, 5.41) is 5.13. The van der Waals surface area contributed by atoms with E-state index in [1.165, 1.54) is 21.9 Å². The molecule has 0 aliphatic rings. The van der Waals surface area contributed by atoms with Crippen LogP contribution >= 0.6 is 11.3 Å². The quantitative estimate of drug-likeness (QED) is 0.743. The first-order valence-electron chi connectivity index (χ1n) is 7.15. The van der Waals surface area contributed by atoms with Gasteiger partial charge in [0, 0.05) is 6.07 Å². The molecular weight excluding hydrogens is 298 g/mol. The van der Waals surface area contributed by atoms with Gasteiger partial charge >= 0.3 is 0 Å². The molecule has 3 rings (SSSR count). The van der Waals surface area contributed by atoms with Crippen LogP contribution in [-0.4, -0.2) is 14.6 Å². The SMILES string of the molecule is CCc1nn2c(=O)cc(COc3cc(C)cc(C)c3)nc2s1. The summed E-state index contributed by atoms with van der Waals surface area (Å²) in [5.41, 5.74) is 2.75. The van der Waals surface area contributed by atoms with E-state index in [-0.39, 0.29) is 12.2 Å². The lowest BCUT2D eigenvalue weighted by Crippen LogP contribution is -2.16. The van der Waals surface area contributed by atoms with Crippen LogP contribution in [0.5, 0.6) is 5.75 Å². The second-order valence-electron chi connectivity index (χ2n) is 5.24. The molecular formula is C16H17N3O2S. The molecule has 0 radical (unpaired) electrons. The lowest BCUT2D eigenvalue weighted by Gasteiger charge is -2.07. The smallest absolute Gasteiger partial charge is 0.275 e. The van der Waals surface area contributed by atoms with Gasteiger partial charge in [0.15, 0.2) is 0 Å². The maximum absolute atomic E-state index is 12.1. The maximum atomic E-state index is 12.1. The molecule has 0 atom stereocenters. The van der Waals surface area contributed by atoms with Gasteiger partial charge in [-0.15, -0.1) is 0 Å². The Balaban J connectivity index is 1.86. The van der Waals surface area contributed by atoms with Gasteiger partial charge in [0.2, 0.25) is 4.96 Å². The first-order valence-corrected chi connectivity index (χ1v) is 7.96. The summed E-state index contributed by atoms with van der Waals surface area (Å²) < 4.78 is 7.12. The minimum absolute atomic E-state index is 0.167. The molecule has 0 N–H and O–H groups in total. The number of hydrogen-bond donors (Lipinski definition) is 0. The summed E-state index contributed by atoms with van der Waals surface area (Å²) in [6.07, 6.45) is 0.794. The van der Waals surface area contributed by atoms with Crippen molar-refractivity contribution in [2.24, 2.45) is 0 Å². The Kier molecular flexibility index (Phi) is 3.94. The maximum Gasteiger partial charge on any atom is 0.275 e. The van der Waals surface area contributed by atoms with E-state index in [1.54, 1.807) is 0 Å². The summed E-state index contributed by atoms with van der Waals surface area (Å²) in [6, 6.07) is 7.52. The molecule has 0 amide bonds. The number of ether oxygens (including phenoxy) is 1. The van der Waals surface area contributed by atoms with Crippen molar-refractivity contribution in [2.75, 3.05) is 0 Å². The number of hydrogen-bond acceptors (Lipinski definition) is 5. The van der Waals surface area contributed by atoms with Crippen LogP contribution in [0.3, 0.4) is 0 Å². The third kappa shape index (κ3) is 3.01. The minimum Gasteiger partial charge on any atom is -0.487 e. The molecule has 0 fully saturated rings. The summed E-state index contributed by atoms with van der Waals surface area (Å²) in [6.45, 7) is 6.33. The number of rotatable bonds is 4. The Bertz CT molecular complexity index is 862. The van der Waals surface area contributed by atoms with Crippen LogP contribution in [0.15, 0.2) is 29.1 Å². The molecule has 2 aromatic heterocycles. The van der Waals surface area contributed by atoms with Gasteiger partial charge in [-0.05, 0) is 43.5 Å². The molecule has 1 aromatic carbocycles. The fourth-order valence-electron chi connectivity index (χ4n) is 2.29. The fourth-order valence-corrected chi connectivity index (χ4v) is 3.14. The molecule has 5 nitrogen and oxygen atoms in total. The highest BCUT2D eigenvalue weighted by atomic mass is 32.1. The van der Waals surface area contributed by atoms with Crippen molar-refractivity contribution in [3.8, 4) is 5.75 Å². The Morgan fingerprint density at radius 3 is 2.59 bits per heavy atom. The predicted octanol–water partition coefficient (Wildman–Crippen LogP) is 2.91. The number of aromatic nitrogens is 3. The summed E-state index contributed by atoms with van der Waals surface area (Å²) >= 11 is 1.44. The van der Waals surface area contributed by atoms with Crippen molar-refractivity contribution in [3.63, 3.8) is 0 Å². The lowest BCUT2D eigenvalue weighted by molar-refractivity contribution is 0.301. The molecule has 2 heterocycles. The van der Waals surface area contributed by atoms with E-state index in [0.29, 0.717) is 10.7 Å². The van der Waals surface area contributed by atoms with Crippen molar-refractivity contribution in [3.05, 3.63) is 56.4 Å². The molecule has 0 unspecified atom stereocenters. The highest BCUT2D eigenvalue weighted by molar-refractivity contribution is 7.16. The Labute approximate surface area is 132 Å². The van der Waals surface area contributed by atoms with Crippen LogP contribution in [0.4, 0.5) is 0 Å². The third-order valence-electron chi connectivity index (χ3n) is 3.22. The minimum atomic E-state index is -0.167. The van der Waals surface area contributed by atoms with Crippen LogP contribution in [0.2, 0.25) is 0 Å². The zero-order valence-electron chi connectivity index (χ0n) is 12.8. The van der Waals surface area contributed by atoms with Crippen molar-refractivity contribution < 1.29 is 4.74 Å². The van der Waals surface area contributed by atoms with E-state index in [9.17, 15) is 4.79 Å². The van der Waals surface area contributed by atoms with Gasteiger partial charge in [-0.1, -0.05) is 24.3 Å². The van der Waals surface area contributed by atoms with E-state index in [4.69, 9.17) is 4.74 Å². The topological polar surface area (TPSA) is 56.5 Å². The average Bonchev–Trinajstić information content (AvgIpc) is 2.88. The van der Waals surface area contributed by atoms with E-state index in [1.807, 2.05) is 32.9 Å².